The number of hydroxylamine groups is 2. The lowest BCUT2D eigenvalue weighted by Gasteiger charge is -2.51. The Morgan fingerprint density at radius 1 is 1.31 bits per heavy atom. The molecule has 0 aromatic heterocycles. The summed E-state index contributed by atoms with van der Waals surface area (Å²) in [6.45, 7) is 8.78. The molecule has 1 aliphatic heterocycles. The SMILES string of the molecule is CC(=O)O.CC1(C)CCC(O)C(C)(C)N1O. The molecule has 0 bridgehead atoms. The molecule has 1 aliphatic rings. The van der Waals surface area contributed by atoms with Crippen molar-refractivity contribution >= 4 is 5.97 Å². The number of carbonyl (C=O) groups is 1. The molecule has 0 aromatic carbocycles. The van der Waals surface area contributed by atoms with Crippen molar-refractivity contribution in [1.29, 1.82) is 0 Å². The van der Waals surface area contributed by atoms with E-state index in [1.165, 1.54) is 5.06 Å². The topological polar surface area (TPSA) is 81.0 Å². The first-order valence-corrected chi connectivity index (χ1v) is 5.38. The molecule has 0 radical (unpaired) electrons. The minimum absolute atomic E-state index is 0.220. The molecule has 1 heterocycles. The molecule has 16 heavy (non-hydrogen) atoms. The van der Waals surface area contributed by atoms with E-state index < -0.39 is 17.6 Å². The average molecular weight is 233 g/mol. The summed E-state index contributed by atoms with van der Waals surface area (Å²) in [7, 11) is 0. The number of hydrogen-bond donors (Lipinski definition) is 3. The highest BCUT2D eigenvalue weighted by Crippen LogP contribution is 2.36. The van der Waals surface area contributed by atoms with Crippen molar-refractivity contribution in [2.45, 2.75) is 64.6 Å². The Bertz CT molecular complexity index is 246. The highest BCUT2D eigenvalue weighted by atomic mass is 16.5. The molecule has 1 rings (SSSR count). The predicted molar refractivity (Wildman–Crippen MR) is 60.3 cm³/mol. The van der Waals surface area contributed by atoms with Gasteiger partial charge in [0.15, 0.2) is 0 Å². The van der Waals surface area contributed by atoms with Crippen LogP contribution >= 0.6 is 0 Å². The van der Waals surface area contributed by atoms with Gasteiger partial charge in [0.25, 0.3) is 5.97 Å². The van der Waals surface area contributed by atoms with Gasteiger partial charge in [0.05, 0.1) is 11.6 Å². The summed E-state index contributed by atoms with van der Waals surface area (Å²) in [5.74, 6) is -0.833. The van der Waals surface area contributed by atoms with Gasteiger partial charge >= 0.3 is 0 Å². The third-order valence-corrected chi connectivity index (χ3v) is 2.96. The van der Waals surface area contributed by atoms with Gasteiger partial charge in [-0.05, 0) is 40.5 Å². The quantitative estimate of drug-likeness (QED) is 0.590. The molecule has 0 spiro atoms. The number of rotatable bonds is 0. The first kappa shape index (κ1) is 15.3. The molecule has 3 N–H and O–H groups in total. The number of aliphatic hydroxyl groups is 1. The van der Waals surface area contributed by atoms with Crippen molar-refractivity contribution in [2.75, 3.05) is 0 Å². The van der Waals surface area contributed by atoms with Crippen molar-refractivity contribution < 1.29 is 20.2 Å². The van der Waals surface area contributed by atoms with Crippen LogP contribution in [0.1, 0.15) is 47.5 Å². The Morgan fingerprint density at radius 2 is 1.69 bits per heavy atom. The van der Waals surface area contributed by atoms with E-state index in [1.807, 2.05) is 27.7 Å². The molecule has 0 amide bonds. The number of aliphatic hydroxyl groups excluding tert-OH is 1. The lowest BCUT2D eigenvalue weighted by Crippen LogP contribution is -2.62. The van der Waals surface area contributed by atoms with Crippen LogP contribution in [0.4, 0.5) is 0 Å². The van der Waals surface area contributed by atoms with E-state index in [2.05, 4.69) is 0 Å². The van der Waals surface area contributed by atoms with Crippen LogP contribution in [0.15, 0.2) is 0 Å². The van der Waals surface area contributed by atoms with Crippen LogP contribution in [-0.4, -0.2) is 43.6 Å². The van der Waals surface area contributed by atoms with E-state index in [0.717, 1.165) is 19.8 Å². The van der Waals surface area contributed by atoms with Gasteiger partial charge in [-0.15, -0.1) is 0 Å². The third kappa shape index (κ3) is 3.73. The average Bonchev–Trinajstić information content (AvgIpc) is 2.10. The molecular formula is C11H23NO4. The minimum Gasteiger partial charge on any atom is -0.481 e. The van der Waals surface area contributed by atoms with Gasteiger partial charge < -0.3 is 15.4 Å². The maximum absolute atomic E-state index is 9.81. The summed E-state index contributed by atoms with van der Waals surface area (Å²) >= 11 is 0. The number of hydrogen-bond acceptors (Lipinski definition) is 4. The summed E-state index contributed by atoms with van der Waals surface area (Å²) in [6.07, 6.45) is 1.15. The Hall–Kier alpha value is -0.650. The zero-order valence-corrected chi connectivity index (χ0v) is 10.7. The van der Waals surface area contributed by atoms with Gasteiger partial charge in [-0.3, -0.25) is 4.79 Å². The number of piperidine rings is 1. The number of carboxylic acids is 1. The minimum atomic E-state index is -0.833. The van der Waals surface area contributed by atoms with Gasteiger partial charge in [-0.2, -0.15) is 5.06 Å². The van der Waals surface area contributed by atoms with Gasteiger partial charge in [0, 0.05) is 12.5 Å². The Morgan fingerprint density at radius 3 is 2.00 bits per heavy atom. The van der Waals surface area contributed by atoms with Crippen LogP contribution in [0.25, 0.3) is 0 Å². The van der Waals surface area contributed by atoms with Crippen molar-refractivity contribution in [3.8, 4) is 0 Å². The lowest BCUT2D eigenvalue weighted by atomic mass is 9.80. The second-order valence-corrected chi connectivity index (χ2v) is 5.35. The molecule has 96 valence electrons. The first-order chi connectivity index (χ1) is 7.01. The number of carboxylic acid groups (broad SMARTS) is 1. The molecular weight excluding hydrogens is 210 g/mol. The molecule has 1 saturated heterocycles. The van der Waals surface area contributed by atoms with Gasteiger partial charge in [-0.25, -0.2) is 0 Å². The molecule has 5 heteroatoms. The zero-order valence-electron chi connectivity index (χ0n) is 10.7. The third-order valence-electron chi connectivity index (χ3n) is 2.96. The fourth-order valence-electron chi connectivity index (χ4n) is 1.87. The molecule has 0 aromatic rings. The fraction of sp³-hybridized carbons (Fsp3) is 0.909. The predicted octanol–water partition coefficient (Wildman–Crippen LogP) is 1.48. The van der Waals surface area contributed by atoms with Crippen molar-refractivity contribution in [2.24, 2.45) is 0 Å². The van der Waals surface area contributed by atoms with Crippen LogP contribution in [0.5, 0.6) is 0 Å². The molecule has 5 nitrogen and oxygen atoms in total. The smallest absolute Gasteiger partial charge is 0.300 e. The molecule has 1 atom stereocenters. The molecule has 0 saturated carbocycles. The lowest BCUT2D eigenvalue weighted by molar-refractivity contribution is -0.269. The fourth-order valence-corrected chi connectivity index (χ4v) is 1.87. The molecule has 1 unspecified atom stereocenters. The summed E-state index contributed by atoms with van der Waals surface area (Å²) in [6, 6.07) is 0. The van der Waals surface area contributed by atoms with Crippen molar-refractivity contribution in [1.82, 2.24) is 5.06 Å². The zero-order chi connectivity index (χ0) is 13.1. The Labute approximate surface area is 96.6 Å². The Kier molecular flexibility index (Phi) is 4.91. The second kappa shape index (κ2) is 5.12. The second-order valence-electron chi connectivity index (χ2n) is 5.35. The first-order valence-electron chi connectivity index (χ1n) is 5.38. The maximum Gasteiger partial charge on any atom is 0.300 e. The largest absolute Gasteiger partial charge is 0.481 e. The van der Waals surface area contributed by atoms with E-state index in [1.54, 1.807) is 0 Å². The van der Waals surface area contributed by atoms with Crippen LogP contribution in [0.3, 0.4) is 0 Å². The molecule has 0 aliphatic carbocycles. The van der Waals surface area contributed by atoms with Crippen LogP contribution in [-0.2, 0) is 4.79 Å². The van der Waals surface area contributed by atoms with Gasteiger partial charge in [0.1, 0.15) is 0 Å². The van der Waals surface area contributed by atoms with E-state index in [4.69, 9.17) is 9.90 Å². The monoisotopic (exact) mass is 233 g/mol. The highest BCUT2D eigenvalue weighted by molar-refractivity contribution is 5.62. The molecule has 1 fully saturated rings. The van der Waals surface area contributed by atoms with E-state index in [0.29, 0.717) is 0 Å². The summed E-state index contributed by atoms with van der Waals surface area (Å²) in [4.78, 5) is 9.00. The standard InChI is InChI=1S/C9H19NO2.C2H4O2/c1-8(2)6-5-7(11)9(3,4)10(8)12;1-2(3)4/h7,11-12H,5-6H2,1-4H3;1H3,(H,3,4). The van der Waals surface area contributed by atoms with Gasteiger partial charge in [0.2, 0.25) is 0 Å². The van der Waals surface area contributed by atoms with Crippen LogP contribution in [0.2, 0.25) is 0 Å². The van der Waals surface area contributed by atoms with Crippen LogP contribution in [0, 0.1) is 0 Å². The Balaban J connectivity index is 0.000000487. The van der Waals surface area contributed by atoms with Gasteiger partial charge in [-0.1, -0.05) is 0 Å². The van der Waals surface area contributed by atoms with Crippen molar-refractivity contribution in [3.05, 3.63) is 0 Å². The summed E-state index contributed by atoms with van der Waals surface area (Å²) in [5, 5.41) is 28.1. The van der Waals surface area contributed by atoms with E-state index >= 15 is 0 Å². The van der Waals surface area contributed by atoms with Crippen LogP contribution < -0.4 is 0 Å². The number of aliphatic carboxylic acids is 1. The summed E-state index contributed by atoms with van der Waals surface area (Å²) < 4.78 is 0. The number of nitrogens with zero attached hydrogens (tertiary/aromatic N) is 1. The van der Waals surface area contributed by atoms with E-state index in [9.17, 15) is 10.3 Å². The van der Waals surface area contributed by atoms with Crippen molar-refractivity contribution in [3.63, 3.8) is 0 Å². The van der Waals surface area contributed by atoms with E-state index in [-0.39, 0.29) is 5.54 Å². The maximum atomic E-state index is 9.81. The summed E-state index contributed by atoms with van der Waals surface area (Å²) in [5.41, 5.74) is -0.746. The normalized spacial score (nSPS) is 27.8. The highest BCUT2D eigenvalue weighted by Gasteiger charge is 2.46.